The topological polar surface area (TPSA) is 21.3 Å². The molecular weight excluding hydrogens is 222 g/mol. The molecule has 0 spiro atoms. The largest absolute Gasteiger partial charge is 0.490 e. The summed E-state index contributed by atoms with van der Waals surface area (Å²) in [5.41, 5.74) is 2.78. The molecule has 0 fully saturated rings. The van der Waals surface area contributed by atoms with Gasteiger partial charge in [-0.2, -0.15) is 0 Å². The number of fused-ring (bicyclic) bond motifs is 1. The number of ether oxygens (including phenoxy) is 1. The summed E-state index contributed by atoms with van der Waals surface area (Å²) in [6.07, 6.45) is 6.51. The lowest BCUT2D eigenvalue weighted by molar-refractivity contribution is 0.254. The molecule has 0 radical (unpaired) electrons. The molecule has 1 N–H and O–H groups in total. The second-order valence-corrected chi connectivity index (χ2v) is 5.34. The van der Waals surface area contributed by atoms with Gasteiger partial charge in [-0.05, 0) is 37.6 Å². The van der Waals surface area contributed by atoms with Crippen LogP contribution in [-0.4, -0.2) is 13.2 Å². The summed E-state index contributed by atoms with van der Waals surface area (Å²) in [4.78, 5) is 0. The van der Waals surface area contributed by atoms with Gasteiger partial charge in [-0.3, -0.25) is 0 Å². The van der Waals surface area contributed by atoms with Crippen molar-refractivity contribution in [3.05, 3.63) is 29.3 Å². The minimum Gasteiger partial charge on any atom is -0.490 e. The zero-order valence-corrected chi connectivity index (χ0v) is 11.8. The highest BCUT2D eigenvalue weighted by atomic mass is 16.5. The van der Waals surface area contributed by atoms with E-state index in [1.807, 2.05) is 0 Å². The van der Waals surface area contributed by atoms with E-state index >= 15 is 0 Å². The Morgan fingerprint density at radius 2 is 2.22 bits per heavy atom. The molecule has 0 saturated carbocycles. The molecular formula is C16H25NO. The Labute approximate surface area is 111 Å². The molecule has 0 aliphatic carbocycles. The summed E-state index contributed by atoms with van der Waals surface area (Å²) in [5.74, 6) is 1.08. The highest BCUT2D eigenvalue weighted by Crippen LogP contribution is 2.32. The maximum absolute atomic E-state index is 5.75. The molecule has 0 amide bonds. The molecule has 2 nitrogen and oxygen atoms in total. The molecule has 100 valence electrons. The zero-order valence-electron chi connectivity index (χ0n) is 11.8. The fraction of sp³-hybridized carbons (Fsp3) is 0.625. The van der Waals surface area contributed by atoms with Crippen molar-refractivity contribution in [2.24, 2.45) is 0 Å². The third-order valence-corrected chi connectivity index (χ3v) is 3.77. The Bertz CT molecular complexity index is 389. The fourth-order valence-corrected chi connectivity index (χ4v) is 2.73. The van der Waals surface area contributed by atoms with E-state index in [1.54, 1.807) is 0 Å². The van der Waals surface area contributed by atoms with Gasteiger partial charge >= 0.3 is 0 Å². The van der Waals surface area contributed by atoms with Crippen LogP contribution in [-0.2, 0) is 6.42 Å². The van der Waals surface area contributed by atoms with Crippen LogP contribution in [0.2, 0.25) is 0 Å². The first-order chi connectivity index (χ1) is 8.74. The first-order valence-corrected chi connectivity index (χ1v) is 7.21. The molecule has 0 bridgehead atoms. The van der Waals surface area contributed by atoms with Crippen molar-refractivity contribution in [2.75, 3.05) is 7.05 Å². The minimum absolute atomic E-state index is 0.336. The lowest BCUT2D eigenvalue weighted by atomic mass is 9.97. The van der Waals surface area contributed by atoms with Gasteiger partial charge in [-0.25, -0.2) is 0 Å². The lowest BCUT2D eigenvalue weighted by Gasteiger charge is -2.17. The molecule has 1 heterocycles. The number of hydrogen-bond acceptors (Lipinski definition) is 2. The van der Waals surface area contributed by atoms with Crippen LogP contribution in [0.4, 0.5) is 0 Å². The van der Waals surface area contributed by atoms with E-state index in [0.717, 1.165) is 12.2 Å². The van der Waals surface area contributed by atoms with Crippen LogP contribution in [0, 0.1) is 0 Å². The van der Waals surface area contributed by atoms with Gasteiger partial charge in [0.25, 0.3) is 0 Å². The number of rotatable bonds is 6. The Hall–Kier alpha value is -1.02. The number of unbranched alkanes of at least 4 members (excludes halogenated alkanes) is 2. The van der Waals surface area contributed by atoms with Crippen LogP contribution in [0.15, 0.2) is 18.2 Å². The number of nitrogens with one attached hydrogen (secondary N) is 1. The first-order valence-electron chi connectivity index (χ1n) is 7.21. The van der Waals surface area contributed by atoms with Gasteiger partial charge in [0, 0.05) is 12.5 Å². The summed E-state index contributed by atoms with van der Waals surface area (Å²) in [5, 5.41) is 3.44. The van der Waals surface area contributed by atoms with Crippen molar-refractivity contribution in [3.8, 4) is 5.75 Å². The maximum Gasteiger partial charge on any atom is 0.123 e. The highest BCUT2D eigenvalue weighted by Gasteiger charge is 2.20. The van der Waals surface area contributed by atoms with Crippen LogP contribution < -0.4 is 10.1 Å². The maximum atomic E-state index is 5.75. The van der Waals surface area contributed by atoms with Crippen molar-refractivity contribution >= 4 is 0 Å². The van der Waals surface area contributed by atoms with Gasteiger partial charge in [-0.1, -0.05) is 38.3 Å². The van der Waals surface area contributed by atoms with Crippen molar-refractivity contribution in [1.82, 2.24) is 5.32 Å². The van der Waals surface area contributed by atoms with Gasteiger partial charge in [0.1, 0.15) is 11.9 Å². The van der Waals surface area contributed by atoms with Gasteiger partial charge in [0.15, 0.2) is 0 Å². The molecule has 1 aromatic rings. The molecule has 2 atom stereocenters. The molecule has 1 aromatic carbocycles. The molecule has 2 rings (SSSR count). The van der Waals surface area contributed by atoms with Crippen LogP contribution in [0.25, 0.3) is 0 Å². The fourth-order valence-electron chi connectivity index (χ4n) is 2.73. The minimum atomic E-state index is 0.336. The molecule has 2 unspecified atom stereocenters. The zero-order chi connectivity index (χ0) is 13.0. The first kappa shape index (κ1) is 13.4. The molecule has 1 aliphatic rings. The third-order valence-electron chi connectivity index (χ3n) is 3.77. The smallest absolute Gasteiger partial charge is 0.123 e. The van der Waals surface area contributed by atoms with E-state index in [2.05, 4.69) is 44.4 Å². The molecule has 1 aliphatic heterocycles. The van der Waals surface area contributed by atoms with Gasteiger partial charge < -0.3 is 10.1 Å². The SMILES string of the molecule is CCCCCC(NC)c1ccc2c(c1)CC(C)O2. The van der Waals surface area contributed by atoms with Crippen LogP contribution in [0.3, 0.4) is 0 Å². The highest BCUT2D eigenvalue weighted by molar-refractivity contribution is 5.41. The number of benzene rings is 1. The lowest BCUT2D eigenvalue weighted by Crippen LogP contribution is -2.16. The van der Waals surface area contributed by atoms with Crippen molar-refractivity contribution in [2.45, 2.75) is 58.1 Å². The Balaban J connectivity index is 2.05. The third kappa shape index (κ3) is 3.05. The van der Waals surface area contributed by atoms with Crippen molar-refractivity contribution in [3.63, 3.8) is 0 Å². The quantitative estimate of drug-likeness (QED) is 0.771. The van der Waals surface area contributed by atoms with E-state index in [9.17, 15) is 0 Å². The van der Waals surface area contributed by atoms with Crippen LogP contribution >= 0.6 is 0 Å². The van der Waals surface area contributed by atoms with E-state index in [4.69, 9.17) is 4.74 Å². The average molecular weight is 247 g/mol. The molecule has 0 aromatic heterocycles. The Morgan fingerprint density at radius 1 is 1.39 bits per heavy atom. The van der Waals surface area contributed by atoms with Gasteiger partial charge in [-0.15, -0.1) is 0 Å². The monoisotopic (exact) mass is 247 g/mol. The van der Waals surface area contributed by atoms with E-state index in [1.165, 1.54) is 36.8 Å². The van der Waals surface area contributed by atoms with Gasteiger partial charge in [0.2, 0.25) is 0 Å². The van der Waals surface area contributed by atoms with Crippen LogP contribution in [0.1, 0.15) is 56.7 Å². The van der Waals surface area contributed by atoms with Gasteiger partial charge in [0.05, 0.1) is 0 Å². The summed E-state index contributed by atoms with van der Waals surface area (Å²) < 4.78 is 5.75. The number of hydrogen-bond donors (Lipinski definition) is 1. The van der Waals surface area contributed by atoms with Crippen LogP contribution in [0.5, 0.6) is 5.75 Å². The Morgan fingerprint density at radius 3 is 2.94 bits per heavy atom. The summed E-state index contributed by atoms with van der Waals surface area (Å²) in [7, 11) is 2.06. The summed E-state index contributed by atoms with van der Waals surface area (Å²) >= 11 is 0. The second-order valence-electron chi connectivity index (χ2n) is 5.34. The predicted molar refractivity (Wildman–Crippen MR) is 76.2 cm³/mol. The molecule has 18 heavy (non-hydrogen) atoms. The predicted octanol–water partition coefficient (Wildman–Crippen LogP) is 3.85. The Kier molecular flexibility index (Phi) is 4.65. The summed E-state index contributed by atoms with van der Waals surface area (Å²) in [6.45, 7) is 4.39. The molecule has 0 saturated heterocycles. The van der Waals surface area contributed by atoms with E-state index in [0.29, 0.717) is 12.1 Å². The second kappa shape index (κ2) is 6.24. The van der Waals surface area contributed by atoms with Crippen molar-refractivity contribution < 1.29 is 4.74 Å². The molecule has 2 heteroatoms. The van der Waals surface area contributed by atoms with E-state index < -0.39 is 0 Å². The summed E-state index contributed by atoms with van der Waals surface area (Å²) in [6, 6.07) is 7.16. The standard InChI is InChI=1S/C16H25NO/c1-4-5-6-7-15(17-3)13-8-9-16-14(11-13)10-12(2)18-16/h8-9,11-12,15,17H,4-7,10H2,1-3H3. The normalized spacial score (nSPS) is 19.4. The van der Waals surface area contributed by atoms with Crippen molar-refractivity contribution in [1.29, 1.82) is 0 Å². The average Bonchev–Trinajstić information content (AvgIpc) is 2.74. The van der Waals surface area contributed by atoms with E-state index in [-0.39, 0.29) is 0 Å².